The van der Waals surface area contributed by atoms with E-state index in [0.29, 0.717) is 18.7 Å². The lowest BCUT2D eigenvalue weighted by molar-refractivity contribution is 0.0727. The maximum Gasteiger partial charge on any atom is 0.256 e. The Morgan fingerprint density at radius 3 is 2.92 bits per heavy atom. The summed E-state index contributed by atoms with van der Waals surface area (Å²) in [6, 6.07) is 14.1. The van der Waals surface area contributed by atoms with E-state index >= 15 is 0 Å². The van der Waals surface area contributed by atoms with Crippen LogP contribution in [0.25, 0.3) is 0 Å². The van der Waals surface area contributed by atoms with Gasteiger partial charge in [-0.2, -0.15) is 0 Å². The molecule has 0 aliphatic carbocycles. The quantitative estimate of drug-likeness (QED) is 0.706. The number of aryl methyl sites for hydroxylation is 1. The number of imidazole rings is 1. The van der Waals surface area contributed by atoms with E-state index in [2.05, 4.69) is 39.2 Å². The van der Waals surface area contributed by atoms with Crippen LogP contribution in [-0.4, -0.2) is 38.1 Å². The van der Waals surface area contributed by atoms with E-state index in [1.165, 1.54) is 5.56 Å². The van der Waals surface area contributed by atoms with Crippen LogP contribution in [-0.2, 0) is 19.4 Å². The van der Waals surface area contributed by atoms with Gasteiger partial charge in [-0.15, -0.1) is 11.8 Å². The predicted octanol–water partition coefficient (Wildman–Crippen LogP) is 3.34. The summed E-state index contributed by atoms with van der Waals surface area (Å²) in [7, 11) is 0. The van der Waals surface area contributed by atoms with Crippen LogP contribution in [0.2, 0.25) is 0 Å². The van der Waals surface area contributed by atoms with Gasteiger partial charge >= 0.3 is 0 Å². The fourth-order valence-electron chi connectivity index (χ4n) is 3.13. The van der Waals surface area contributed by atoms with E-state index in [4.69, 9.17) is 0 Å². The molecule has 0 fully saturated rings. The third kappa shape index (κ3) is 3.65. The largest absolute Gasteiger partial charge is 0.347 e. The van der Waals surface area contributed by atoms with E-state index in [9.17, 15) is 4.79 Å². The zero-order valence-corrected chi connectivity index (χ0v) is 15.2. The minimum absolute atomic E-state index is 0.0422. The highest BCUT2D eigenvalue weighted by Gasteiger charge is 2.25. The smallest absolute Gasteiger partial charge is 0.256 e. The molecule has 6 heteroatoms. The highest BCUT2D eigenvalue weighted by atomic mass is 32.2. The highest BCUT2D eigenvalue weighted by molar-refractivity contribution is 7.99. The number of fused-ring (bicyclic) bond motifs is 1. The lowest BCUT2D eigenvalue weighted by atomic mass is 10.1. The summed E-state index contributed by atoms with van der Waals surface area (Å²) in [5.41, 5.74) is 4.09. The van der Waals surface area contributed by atoms with Crippen molar-refractivity contribution in [1.29, 1.82) is 0 Å². The molecule has 132 valence electrons. The summed E-state index contributed by atoms with van der Waals surface area (Å²) in [6.45, 7) is 1.27. The molecule has 3 heterocycles. The van der Waals surface area contributed by atoms with Gasteiger partial charge in [0.15, 0.2) is 0 Å². The molecule has 26 heavy (non-hydrogen) atoms. The number of nitrogens with zero attached hydrogens (tertiary/aromatic N) is 3. The molecular weight excluding hydrogens is 344 g/mol. The second kappa shape index (κ2) is 7.74. The summed E-state index contributed by atoms with van der Waals surface area (Å²) < 4.78 is 0. The van der Waals surface area contributed by atoms with Gasteiger partial charge in [-0.05, 0) is 24.1 Å². The van der Waals surface area contributed by atoms with Crippen LogP contribution in [0, 0.1) is 0 Å². The van der Waals surface area contributed by atoms with Crippen molar-refractivity contribution in [1.82, 2.24) is 19.9 Å². The minimum Gasteiger partial charge on any atom is -0.347 e. The highest BCUT2D eigenvalue weighted by Crippen LogP contribution is 2.24. The standard InChI is InChI=1S/C20H20N4OS/c25-20(24-11-8-17-18(13-24)23-14-22-17)16-7-4-10-21-19(16)26-12-9-15-5-2-1-3-6-15/h1-7,10,14H,8-9,11-13H2,(H,22,23). The first-order valence-corrected chi connectivity index (χ1v) is 9.72. The van der Waals surface area contributed by atoms with Gasteiger partial charge in [0.1, 0.15) is 5.03 Å². The van der Waals surface area contributed by atoms with Crippen LogP contribution < -0.4 is 0 Å². The number of aromatic amines is 1. The Bertz CT molecular complexity index is 894. The number of carbonyl (C=O) groups excluding carboxylic acids is 1. The third-order valence-electron chi connectivity index (χ3n) is 4.54. The molecule has 0 bridgehead atoms. The Morgan fingerprint density at radius 2 is 2.04 bits per heavy atom. The zero-order chi connectivity index (χ0) is 17.8. The van der Waals surface area contributed by atoms with Crippen molar-refractivity contribution in [3.63, 3.8) is 0 Å². The first-order chi connectivity index (χ1) is 12.8. The van der Waals surface area contributed by atoms with Gasteiger partial charge in [0.25, 0.3) is 5.91 Å². The third-order valence-corrected chi connectivity index (χ3v) is 5.54. The molecule has 1 N–H and O–H groups in total. The van der Waals surface area contributed by atoms with Crippen molar-refractivity contribution < 1.29 is 4.79 Å². The number of benzene rings is 1. The molecule has 2 aromatic heterocycles. The van der Waals surface area contributed by atoms with E-state index in [-0.39, 0.29) is 5.91 Å². The van der Waals surface area contributed by atoms with Gasteiger partial charge in [-0.25, -0.2) is 9.97 Å². The number of rotatable bonds is 5. The summed E-state index contributed by atoms with van der Waals surface area (Å²) in [6.07, 6.45) is 5.21. The minimum atomic E-state index is 0.0422. The van der Waals surface area contributed by atoms with E-state index in [1.54, 1.807) is 24.3 Å². The normalized spacial score (nSPS) is 13.5. The Labute approximate surface area is 156 Å². The van der Waals surface area contributed by atoms with Crippen LogP contribution in [0.1, 0.15) is 27.3 Å². The molecule has 1 amide bonds. The number of H-pyrrole nitrogens is 1. The second-order valence-electron chi connectivity index (χ2n) is 6.24. The van der Waals surface area contributed by atoms with Crippen molar-refractivity contribution in [3.8, 4) is 0 Å². The maximum atomic E-state index is 13.0. The summed E-state index contributed by atoms with van der Waals surface area (Å²) in [5, 5.41) is 0.809. The number of carbonyl (C=O) groups is 1. The average Bonchev–Trinajstić information content (AvgIpc) is 3.16. The van der Waals surface area contributed by atoms with E-state index < -0.39 is 0 Å². The molecule has 3 aromatic rings. The average molecular weight is 364 g/mol. The number of hydrogen-bond acceptors (Lipinski definition) is 4. The Morgan fingerprint density at radius 1 is 1.15 bits per heavy atom. The molecule has 0 saturated heterocycles. The Balaban J connectivity index is 1.44. The zero-order valence-electron chi connectivity index (χ0n) is 14.4. The molecule has 0 atom stereocenters. The molecule has 1 aliphatic rings. The van der Waals surface area contributed by atoms with Crippen molar-refractivity contribution in [2.45, 2.75) is 24.4 Å². The number of hydrogen-bond donors (Lipinski definition) is 1. The molecular formula is C20H20N4OS. The van der Waals surface area contributed by atoms with Gasteiger partial charge in [0.2, 0.25) is 0 Å². The number of aromatic nitrogens is 3. The first kappa shape index (κ1) is 16.8. The van der Waals surface area contributed by atoms with Crippen LogP contribution >= 0.6 is 11.8 Å². The monoisotopic (exact) mass is 364 g/mol. The predicted molar refractivity (Wildman–Crippen MR) is 102 cm³/mol. The number of amides is 1. The number of pyridine rings is 1. The fourth-order valence-corrected chi connectivity index (χ4v) is 4.11. The van der Waals surface area contributed by atoms with Gasteiger partial charge < -0.3 is 9.88 Å². The van der Waals surface area contributed by atoms with Crippen LogP contribution in [0.3, 0.4) is 0 Å². The van der Waals surface area contributed by atoms with Crippen molar-refractivity contribution >= 4 is 17.7 Å². The van der Waals surface area contributed by atoms with Crippen LogP contribution in [0.15, 0.2) is 60.0 Å². The summed E-state index contributed by atoms with van der Waals surface area (Å²) >= 11 is 1.64. The lowest BCUT2D eigenvalue weighted by Gasteiger charge is -2.26. The van der Waals surface area contributed by atoms with Crippen molar-refractivity contribution in [2.75, 3.05) is 12.3 Å². The van der Waals surface area contributed by atoms with Crippen LogP contribution in [0.4, 0.5) is 0 Å². The molecule has 0 saturated carbocycles. The fraction of sp³-hybridized carbons (Fsp3) is 0.250. The van der Waals surface area contributed by atoms with Gasteiger partial charge in [0, 0.05) is 24.9 Å². The van der Waals surface area contributed by atoms with Crippen molar-refractivity contribution in [3.05, 3.63) is 77.5 Å². The van der Waals surface area contributed by atoms with Crippen LogP contribution in [0.5, 0.6) is 0 Å². The SMILES string of the molecule is O=C(c1cccnc1SCCc1ccccc1)N1CCc2nc[nH]c2C1. The second-order valence-corrected chi connectivity index (χ2v) is 7.33. The first-order valence-electron chi connectivity index (χ1n) is 8.73. The summed E-state index contributed by atoms with van der Waals surface area (Å²) in [5.74, 6) is 0.937. The molecule has 1 aliphatic heterocycles. The van der Waals surface area contributed by atoms with Crippen molar-refractivity contribution in [2.24, 2.45) is 0 Å². The van der Waals surface area contributed by atoms with Gasteiger partial charge in [0.05, 0.1) is 29.8 Å². The number of thioether (sulfide) groups is 1. The molecule has 0 spiro atoms. The lowest BCUT2D eigenvalue weighted by Crippen LogP contribution is -2.36. The molecule has 1 aromatic carbocycles. The molecule has 5 nitrogen and oxygen atoms in total. The maximum absolute atomic E-state index is 13.0. The van der Waals surface area contributed by atoms with E-state index in [0.717, 1.165) is 35.0 Å². The Hall–Kier alpha value is -2.60. The van der Waals surface area contributed by atoms with Gasteiger partial charge in [-0.1, -0.05) is 30.3 Å². The summed E-state index contributed by atoms with van der Waals surface area (Å²) in [4.78, 5) is 26.8. The number of nitrogens with one attached hydrogen (secondary N) is 1. The molecule has 4 rings (SSSR count). The van der Waals surface area contributed by atoms with Gasteiger partial charge in [-0.3, -0.25) is 4.79 Å². The molecule has 0 radical (unpaired) electrons. The van der Waals surface area contributed by atoms with E-state index in [1.807, 2.05) is 23.1 Å². The molecule has 0 unspecified atom stereocenters. The Kier molecular flexibility index (Phi) is 5.02. The topological polar surface area (TPSA) is 61.9 Å².